The van der Waals surface area contributed by atoms with E-state index in [1.54, 1.807) is 43.5 Å². The van der Waals surface area contributed by atoms with E-state index in [4.69, 9.17) is 4.74 Å². The number of carbonyl (C=O) groups excluding carboxylic acids is 1. The lowest BCUT2D eigenvalue weighted by atomic mass is 10.1. The van der Waals surface area contributed by atoms with Gasteiger partial charge in [0.25, 0.3) is 5.91 Å². The highest BCUT2D eigenvalue weighted by atomic mass is 19.1. The first-order valence-electron chi connectivity index (χ1n) is 7.05. The number of aryl methyl sites for hydroxylation is 1. The van der Waals surface area contributed by atoms with Gasteiger partial charge in [-0.3, -0.25) is 9.48 Å². The van der Waals surface area contributed by atoms with Crippen LogP contribution in [0.2, 0.25) is 0 Å². The van der Waals surface area contributed by atoms with Gasteiger partial charge in [-0.1, -0.05) is 12.1 Å². The molecule has 0 fully saturated rings. The number of benzene rings is 1. The van der Waals surface area contributed by atoms with Gasteiger partial charge in [0.2, 0.25) is 0 Å². The van der Waals surface area contributed by atoms with Gasteiger partial charge in [0.15, 0.2) is 0 Å². The number of nitrogens with zero attached hydrogens (tertiary/aromatic N) is 3. The van der Waals surface area contributed by atoms with Gasteiger partial charge in [0, 0.05) is 26.9 Å². The Morgan fingerprint density at radius 1 is 1.45 bits per heavy atom. The standard InChI is InChI=1S/C16H20FN3O2/c1-12(11-22-3)20(10-13-5-4-6-14(17)9-13)16(21)15-7-8-18-19(15)2/h4-9,12H,10-11H2,1-3H3/t12-/m0/s1. The van der Waals surface area contributed by atoms with E-state index in [-0.39, 0.29) is 17.8 Å². The second-order valence-corrected chi connectivity index (χ2v) is 5.21. The van der Waals surface area contributed by atoms with Crippen LogP contribution >= 0.6 is 0 Å². The SMILES string of the molecule is COC[C@H](C)N(Cc1cccc(F)c1)C(=O)c1ccnn1C. The molecule has 1 atom stereocenters. The molecule has 0 aliphatic heterocycles. The molecule has 0 saturated heterocycles. The summed E-state index contributed by atoms with van der Waals surface area (Å²) in [5.41, 5.74) is 1.22. The van der Waals surface area contributed by atoms with Crippen molar-refractivity contribution in [3.63, 3.8) is 0 Å². The molecule has 1 amide bonds. The molecule has 0 unspecified atom stereocenters. The number of aromatic nitrogens is 2. The van der Waals surface area contributed by atoms with Gasteiger partial charge in [0.1, 0.15) is 11.5 Å². The van der Waals surface area contributed by atoms with E-state index in [1.807, 2.05) is 6.92 Å². The largest absolute Gasteiger partial charge is 0.383 e. The number of rotatable bonds is 6. The maximum Gasteiger partial charge on any atom is 0.272 e. The third-order valence-corrected chi connectivity index (χ3v) is 3.48. The molecular formula is C16H20FN3O2. The average Bonchev–Trinajstić information content (AvgIpc) is 2.90. The van der Waals surface area contributed by atoms with Crippen molar-refractivity contribution in [3.8, 4) is 0 Å². The van der Waals surface area contributed by atoms with Crippen molar-refractivity contribution in [2.45, 2.75) is 19.5 Å². The quantitative estimate of drug-likeness (QED) is 0.822. The van der Waals surface area contributed by atoms with Gasteiger partial charge in [0.05, 0.1) is 12.6 Å². The molecule has 1 aromatic carbocycles. The van der Waals surface area contributed by atoms with Crippen LogP contribution in [0.5, 0.6) is 0 Å². The van der Waals surface area contributed by atoms with Crippen LogP contribution in [0.15, 0.2) is 36.5 Å². The van der Waals surface area contributed by atoms with E-state index in [0.717, 1.165) is 5.56 Å². The predicted molar refractivity (Wildman–Crippen MR) is 80.8 cm³/mol. The molecular weight excluding hydrogens is 285 g/mol. The number of carbonyl (C=O) groups is 1. The minimum absolute atomic E-state index is 0.143. The third-order valence-electron chi connectivity index (χ3n) is 3.48. The first-order chi connectivity index (χ1) is 10.5. The second kappa shape index (κ2) is 7.17. The molecule has 0 aliphatic rings. The normalized spacial score (nSPS) is 12.2. The molecule has 0 radical (unpaired) electrons. The Kier molecular flexibility index (Phi) is 5.27. The van der Waals surface area contributed by atoms with Crippen molar-refractivity contribution in [1.82, 2.24) is 14.7 Å². The molecule has 1 aromatic heterocycles. The van der Waals surface area contributed by atoms with E-state index >= 15 is 0 Å². The highest BCUT2D eigenvalue weighted by Gasteiger charge is 2.24. The zero-order chi connectivity index (χ0) is 16.1. The fourth-order valence-corrected chi connectivity index (χ4v) is 2.32. The Balaban J connectivity index is 2.26. The molecule has 0 bridgehead atoms. The van der Waals surface area contributed by atoms with Crippen molar-refractivity contribution in [3.05, 3.63) is 53.6 Å². The van der Waals surface area contributed by atoms with Gasteiger partial charge < -0.3 is 9.64 Å². The maximum atomic E-state index is 13.4. The first-order valence-corrected chi connectivity index (χ1v) is 7.05. The Bertz CT molecular complexity index is 642. The van der Waals surface area contributed by atoms with Crippen molar-refractivity contribution < 1.29 is 13.9 Å². The summed E-state index contributed by atoms with van der Waals surface area (Å²) in [6, 6.07) is 7.78. The van der Waals surface area contributed by atoms with Crippen LogP contribution in [0.4, 0.5) is 4.39 Å². The lowest BCUT2D eigenvalue weighted by Gasteiger charge is -2.29. The molecule has 118 valence electrons. The lowest BCUT2D eigenvalue weighted by molar-refractivity contribution is 0.0531. The molecule has 0 N–H and O–H groups in total. The molecule has 0 aliphatic carbocycles. The summed E-state index contributed by atoms with van der Waals surface area (Å²) in [6.45, 7) is 2.61. The highest BCUT2D eigenvalue weighted by molar-refractivity contribution is 5.92. The summed E-state index contributed by atoms with van der Waals surface area (Å²) in [7, 11) is 3.31. The predicted octanol–water partition coefficient (Wildman–Crippen LogP) is 2.24. The lowest BCUT2D eigenvalue weighted by Crippen LogP contribution is -2.41. The average molecular weight is 305 g/mol. The number of methoxy groups -OCH3 is 1. The Hall–Kier alpha value is -2.21. The van der Waals surface area contributed by atoms with Crippen LogP contribution in [0, 0.1) is 5.82 Å². The number of ether oxygens (including phenoxy) is 1. The zero-order valence-electron chi connectivity index (χ0n) is 13.0. The highest BCUT2D eigenvalue weighted by Crippen LogP contribution is 2.14. The smallest absolute Gasteiger partial charge is 0.272 e. The number of amides is 1. The van der Waals surface area contributed by atoms with Crippen molar-refractivity contribution in [1.29, 1.82) is 0 Å². The fraction of sp³-hybridized carbons (Fsp3) is 0.375. The van der Waals surface area contributed by atoms with Gasteiger partial charge in [-0.15, -0.1) is 0 Å². The van der Waals surface area contributed by atoms with Gasteiger partial charge >= 0.3 is 0 Å². The molecule has 0 spiro atoms. The van der Waals surface area contributed by atoms with Crippen molar-refractivity contribution >= 4 is 5.91 Å². The fourth-order valence-electron chi connectivity index (χ4n) is 2.32. The topological polar surface area (TPSA) is 47.4 Å². The Labute approximate surface area is 129 Å². The number of halogens is 1. The summed E-state index contributed by atoms with van der Waals surface area (Å²) in [5.74, 6) is -0.473. The Morgan fingerprint density at radius 3 is 2.82 bits per heavy atom. The molecule has 22 heavy (non-hydrogen) atoms. The van der Waals surface area contributed by atoms with Gasteiger partial charge in [-0.2, -0.15) is 5.10 Å². The minimum atomic E-state index is -0.315. The Morgan fingerprint density at radius 2 is 2.23 bits per heavy atom. The summed E-state index contributed by atoms with van der Waals surface area (Å²) < 4.78 is 20.0. The van der Waals surface area contributed by atoms with Crippen LogP contribution in [0.3, 0.4) is 0 Å². The molecule has 2 aromatic rings. The van der Waals surface area contributed by atoms with Crippen LogP contribution in [-0.4, -0.2) is 40.3 Å². The van der Waals surface area contributed by atoms with Crippen molar-refractivity contribution in [2.75, 3.05) is 13.7 Å². The maximum absolute atomic E-state index is 13.4. The molecule has 2 rings (SSSR count). The first kappa shape index (κ1) is 16.2. The van der Waals surface area contributed by atoms with Crippen LogP contribution < -0.4 is 0 Å². The second-order valence-electron chi connectivity index (χ2n) is 5.21. The monoisotopic (exact) mass is 305 g/mol. The van der Waals surface area contributed by atoms with Crippen LogP contribution in [0.1, 0.15) is 23.0 Å². The van der Waals surface area contributed by atoms with Crippen molar-refractivity contribution in [2.24, 2.45) is 7.05 Å². The van der Waals surface area contributed by atoms with E-state index in [9.17, 15) is 9.18 Å². The van der Waals surface area contributed by atoms with E-state index in [0.29, 0.717) is 18.8 Å². The molecule has 0 saturated carbocycles. The van der Waals surface area contributed by atoms with Gasteiger partial charge in [-0.25, -0.2) is 4.39 Å². The van der Waals surface area contributed by atoms with Gasteiger partial charge in [-0.05, 0) is 30.7 Å². The summed E-state index contributed by atoms with van der Waals surface area (Å²) in [5, 5.41) is 4.02. The summed E-state index contributed by atoms with van der Waals surface area (Å²) in [6.07, 6.45) is 1.58. The van der Waals surface area contributed by atoms with E-state index in [2.05, 4.69) is 5.10 Å². The summed E-state index contributed by atoms with van der Waals surface area (Å²) in [4.78, 5) is 14.4. The molecule has 1 heterocycles. The minimum Gasteiger partial charge on any atom is -0.383 e. The molecule has 6 heteroatoms. The van der Waals surface area contributed by atoms with Crippen LogP contribution in [0.25, 0.3) is 0 Å². The zero-order valence-corrected chi connectivity index (χ0v) is 13.0. The van der Waals surface area contributed by atoms with E-state index < -0.39 is 0 Å². The summed E-state index contributed by atoms with van der Waals surface area (Å²) >= 11 is 0. The molecule has 5 nitrogen and oxygen atoms in total. The van der Waals surface area contributed by atoms with E-state index in [1.165, 1.54) is 16.8 Å². The van der Waals surface area contributed by atoms with Crippen LogP contribution in [-0.2, 0) is 18.3 Å². The number of hydrogen-bond acceptors (Lipinski definition) is 3. The third kappa shape index (κ3) is 3.71. The number of hydrogen-bond donors (Lipinski definition) is 0.